The summed E-state index contributed by atoms with van der Waals surface area (Å²) < 4.78 is 11.8. The smallest absolute Gasteiger partial charge is 0.545 e. The topological polar surface area (TPSA) is 122 Å². The third-order valence-corrected chi connectivity index (χ3v) is 3.89. The number of ether oxygens (including phenoxy) is 2. The maximum atomic E-state index is 12.2. The average Bonchev–Trinajstić information content (AvgIpc) is 3.08. The van der Waals surface area contributed by atoms with Gasteiger partial charge in [0.2, 0.25) is 5.88 Å². The van der Waals surface area contributed by atoms with Crippen molar-refractivity contribution in [3.63, 3.8) is 0 Å². The van der Waals surface area contributed by atoms with Crippen LogP contribution in [0.4, 0.5) is 10.7 Å². The normalized spacial score (nSPS) is 11.0. The number of fused-ring (bicyclic) bond motifs is 1. The van der Waals surface area contributed by atoms with Crippen LogP contribution in [0.5, 0.6) is 5.88 Å². The maximum absolute atomic E-state index is 12.2. The summed E-state index contributed by atoms with van der Waals surface area (Å²) in [7, 11) is 2.85. The van der Waals surface area contributed by atoms with Crippen molar-refractivity contribution in [1.82, 2.24) is 19.6 Å². The first-order chi connectivity index (χ1) is 13.6. The van der Waals surface area contributed by atoms with Crippen molar-refractivity contribution in [3.05, 3.63) is 36.2 Å². The number of aromatic carboxylic acids is 1. The second-order valence-corrected chi connectivity index (χ2v) is 7.24. The largest absolute Gasteiger partial charge is 1.00 e. The molecule has 0 radical (unpaired) electrons. The van der Waals surface area contributed by atoms with Gasteiger partial charge >= 0.3 is 25.0 Å². The second kappa shape index (κ2) is 8.73. The minimum absolute atomic E-state index is 0. The summed E-state index contributed by atoms with van der Waals surface area (Å²) >= 11 is 0. The van der Waals surface area contributed by atoms with Gasteiger partial charge in [-0.25, -0.2) is 19.2 Å². The minimum Gasteiger partial charge on any atom is -0.545 e. The Labute approximate surface area is 185 Å². The number of hydrogen-bond acceptors (Lipinski definition) is 8. The molecule has 3 heterocycles. The second-order valence-electron chi connectivity index (χ2n) is 7.24. The quantitative estimate of drug-likeness (QED) is 0.483. The van der Waals surface area contributed by atoms with Crippen LogP contribution in [0.3, 0.4) is 0 Å². The molecule has 0 spiro atoms. The molecule has 1 amide bonds. The summed E-state index contributed by atoms with van der Waals surface area (Å²) in [6, 6.07) is 4.83. The number of carboxylic acid groups (broad SMARTS) is 1. The summed E-state index contributed by atoms with van der Waals surface area (Å²) in [5.74, 6) is -1.25. The molecule has 0 unspecified atom stereocenters. The fraction of sp³-hybridized carbons (Fsp3) is 0.316. The zero-order valence-corrected chi connectivity index (χ0v) is 17.7. The molecule has 0 N–H and O–H groups in total. The number of hydrogen-bond donors (Lipinski definition) is 0. The summed E-state index contributed by atoms with van der Waals surface area (Å²) in [6.07, 6.45) is 2.56. The van der Waals surface area contributed by atoms with E-state index >= 15 is 0 Å². The van der Waals surface area contributed by atoms with Gasteiger partial charge in [0.1, 0.15) is 5.60 Å². The van der Waals surface area contributed by atoms with Gasteiger partial charge in [-0.05, 0) is 44.5 Å². The van der Waals surface area contributed by atoms with Crippen molar-refractivity contribution in [2.24, 2.45) is 0 Å². The molecular formula is C19H20LiN5O5. The number of carboxylic acids is 1. The van der Waals surface area contributed by atoms with Gasteiger partial charge in [-0.15, -0.1) is 5.10 Å². The third-order valence-electron chi connectivity index (χ3n) is 3.89. The van der Waals surface area contributed by atoms with Gasteiger partial charge < -0.3 is 19.4 Å². The van der Waals surface area contributed by atoms with Crippen molar-refractivity contribution in [3.8, 4) is 17.0 Å². The Hall–Kier alpha value is -3.09. The van der Waals surface area contributed by atoms with Gasteiger partial charge in [0.15, 0.2) is 5.65 Å². The Kier molecular flexibility index (Phi) is 6.75. The SMILES string of the molecule is COc1ncc(-c2ccn3nc(N(C)C(=O)OC(C)(C)C)nc3c2)cc1C(=O)[O-].[Li+]. The number of amides is 1. The molecule has 3 aromatic rings. The third kappa shape index (κ3) is 4.90. The van der Waals surface area contributed by atoms with E-state index in [1.165, 1.54) is 35.8 Å². The molecule has 0 aromatic carbocycles. The molecule has 0 aliphatic heterocycles. The zero-order valence-electron chi connectivity index (χ0n) is 17.7. The molecule has 0 bridgehead atoms. The number of aromatic nitrogens is 4. The number of methoxy groups -OCH3 is 1. The van der Waals surface area contributed by atoms with Gasteiger partial charge in [-0.2, -0.15) is 4.98 Å². The molecule has 0 atom stereocenters. The van der Waals surface area contributed by atoms with Crippen LogP contribution >= 0.6 is 0 Å². The first-order valence-corrected chi connectivity index (χ1v) is 8.68. The summed E-state index contributed by atoms with van der Waals surface area (Å²) in [6.45, 7) is 5.31. The number of anilines is 1. The fourth-order valence-electron chi connectivity index (χ4n) is 2.52. The van der Waals surface area contributed by atoms with Crippen LogP contribution in [0.15, 0.2) is 30.6 Å². The van der Waals surface area contributed by atoms with Crippen molar-refractivity contribution < 1.29 is 43.0 Å². The zero-order chi connectivity index (χ0) is 21.3. The van der Waals surface area contributed by atoms with Crippen molar-refractivity contribution in [2.45, 2.75) is 26.4 Å². The molecule has 3 rings (SSSR count). The van der Waals surface area contributed by atoms with E-state index in [1.807, 2.05) is 0 Å². The van der Waals surface area contributed by atoms with Crippen molar-refractivity contribution in [2.75, 3.05) is 19.1 Å². The number of rotatable bonds is 4. The van der Waals surface area contributed by atoms with E-state index in [4.69, 9.17) is 9.47 Å². The summed E-state index contributed by atoms with van der Waals surface area (Å²) in [4.78, 5) is 33.1. The predicted molar refractivity (Wildman–Crippen MR) is 102 cm³/mol. The Morgan fingerprint density at radius 1 is 1.20 bits per heavy atom. The molecule has 0 aliphatic rings. The number of nitrogens with zero attached hydrogens (tertiary/aromatic N) is 5. The standard InChI is InChI=1S/C19H21N5O5.Li/c1-19(2,3)29-18(27)23(4)17-21-14-9-11(6-7-24(14)22-17)12-8-13(16(25)26)15(28-5)20-10-12;/h6-10H,1-5H3,(H,25,26);/q;+1/p-1. The van der Waals surface area contributed by atoms with E-state index < -0.39 is 17.7 Å². The van der Waals surface area contributed by atoms with E-state index in [1.54, 1.807) is 39.1 Å². The summed E-state index contributed by atoms with van der Waals surface area (Å²) in [5, 5.41) is 15.6. The first-order valence-electron chi connectivity index (χ1n) is 8.68. The Morgan fingerprint density at radius 2 is 1.90 bits per heavy atom. The van der Waals surface area contributed by atoms with E-state index in [0.717, 1.165) is 0 Å². The van der Waals surface area contributed by atoms with E-state index in [-0.39, 0.29) is 36.3 Å². The fourth-order valence-corrected chi connectivity index (χ4v) is 2.52. The summed E-state index contributed by atoms with van der Waals surface area (Å²) in [5.41, 5.74) is 0.859. The molecule has 0 aliphatic carbocycles. The monoisotopic (exact) mass is 405 g/mol. The Bertz CT molecular complexity index is 1090. The van der Waals surface area contributed by atoms with E-state index in [9.17, 15) is 14.7 Å². The molecule has 30 heavy (non-hydrogen) atoms. The molecule has 10 nitrogen and oxygen atoms in total. The van der Waals surface area contributed by atoms with E-state index in [0.29, 0.717) is 16.8 Å². The van der Waals surface area contributed by atoms with Crippen molar-refractivity contribution in [1.29, 1.82) is 0 Å². The van der Waals surface area contributed by atoms with Crippen LogP contribution in [0.25, 0.3) is 16.8 Å². The molecule has 11 heteroatoms. The Balaban J connectivity index is 0.00000320. The van der Waals surface area contributed by atoms with Crippen LogP contribution < -0.4 is 33.6 Å². The predicted octanol–water partition coefficient (Wildman–Crippen LogP) is -1.46. The molecule has 0 saturated carbocycles. The van der Waals surface area contributed by atoms with Crippen LogP contribution in [-0.2, 0) is 4.74 Å². The van der Waals surface area contributed by atoms with Gasteiger partial charge in [0.25, 0.3) is 5.95 Å². The molecule has 0 saturated heterocycles. The molecular weight excluding hydrogens is 385 g/mol. The van der Waals surface area contributed by atoms with E-state index in [2.05, 4.69) is 15.1 Å². The van der Waals surface area contributed by atoms with Crippen LogP contribution in [0, 0.1) is 0 Å². The van der Waals surface area contributed by atoms with Crippen LogP contribution in [-0.4, -0.2) is 51.4 Å². The average molecular weight is 405 g/mol. The number of carbonyl (C=O) groups excluding carboxylic acids is 2. The van der Waals surface area contributed by atoms with Gasteiger partial charge in [0, 0.05) is 25.0 Å². The number of pyridine rings is 2. The minimum atomic E-state index is -1.39. The van der Waals surface area contributed by atoms with Gasteiger partial charge in [0.05, 0.1) is 18.6 Å². The number of carbonyl (C=O) groups is 2. The molecule has 0 fully saturated rings. The first kappa shape index (κ1) is 23.2. The van der Waals surface area contributed by atoms with Crippen LogP contribution in [0.1, 0.15) is 31.1 Å². The molecule has 3 aromatic heterocycles. The van der Waals surface area contributed by atoms with Gasteiger partial charge in [-0.3, -0.25) is 0 Å². The Morgan fingerprint density at radius 3 is 2.50 bits per heavy atom. The van der Waals surface area contributed by atoms with Crippen LogP contribution in [0.2, 0.25) is 0 Å². The van der Waals surface area contributed by atoms with Gasteiger partial charge in [-0.1, -0.05) is 0 Å². The molecule has 152 valence electrons. The maximum Gasteiger partial charge on any atom is 1.00 e. The van der Waals surface area contributed by atoms with Crippen molar-refractivity contribution >= 4 is 23.7 Å².